The van der Waals surface area contributed by atoms with Crippen molar-refractivity contribution in [2.24, 2.45) is 5.92 Å². The highest BCUT2D eigenvalue weighted by Crippen LogP contribution is 2.45. The van der Waals surface area contributed by atoms with Crippen LogP contribution in [0.15, 0.2) is 18.2 Å². The van der Waals surface area contributed by atoms with Gasteiger partial charge in [-0.2, -0.15) is 0 Å². The molecule has 1 aromatic rings. The number of rotatable bonds is 3. The van der Waals surface area contributed by atoms with Crippen molar-refractivity contribution in [1.29, 1.82) is 0 Å². The fourth-order valence-electron chi connectivity index (χ4n) is 4.12. The van der Waals surface area contributed by atoms with Crippen molar-refractivity contribution in [3.05, 3.63) is 35.4 Å². The molecule has 1 saturated heterocycles. The Balaban J connectivity index is 1.84. The van der Waals surface area contributed by atoms with E-state index in [9.17, 15) is 8.78 Å². The summed E-state index contributed by atoms with van der Waals surface area (Å²) in [6.45, 7) is 0.722. The Morgan fingerprint density at radius 2 is 2.05 bits per heavy atom. The maximum absolute atomic E-state index is 14.1. The fourth-order valence-corrected chi connectivity index (χ4v) is 4.12. The van der Waals surface area contributed by atoms with E-state index in [0.717, 1.165) is 32.3 Å². The third-order valence-electron chi connectivity index (χ3n) is 5.12. The molecule has 21 heavy (non-hydrogen) atoms. The second-order valence-electron chi connectivity index (χ2n) is 6.42. The van der Waals surface area contributed by atoms with Gasteiger partial charge in [-0.1, -0.05) is 12.8 Å². The van der Waals surface area contributed by atoms with Gasteiger partial charge in [0.05, 0.1) is 5.60 Å². The van der Waals surface area contributed by atoms with Crippen molar-refractivity contribution >= 4 is 0 Å². The Labute approximate surface area is 124 Å². The van der Waals surface area contributed by atoms with E-state index >= 15 is 0 Å². The van der Waals surface area contributed by atoms with E-state index in [1.54, 1.807) is 0 Å². The topological polar surface area (TPSA) is 21.3 Å². The molecule has 2 atom stereocenters. The zero-order chi connectivity index (χ0) is 14.9. The Hall–Kier alpha value is -1.00. The zero-order valence-electron chi connectivity index (χ0n) is 12.5. The van der Waals surface area contributed by atoms with Gasteiger partial charge in [0.1, 0.15) is 11.6 Å². The molecular formula is C17H23F2NO. The van der Waals surface area contributed by atoms with Gasteiger partial charge >= 0.3 is 0 Å². The van der Waals surface area contributed by atoms with Gasteiger partial charge in [-0.05, 0) is 56.8 Å². The third kappa shape index (κ3) is 2.97. The smallest absolute Gasteiger partial charge is 0.128 e. The molecule has 3 rings (SSSR count). The molecule has 1 aliphatic heterocycles. The highest BCUT2D eigenvalue weighted by molar-refractivity contribution is 5.23. The molecule has 0 bridgehead atoms. The van der Waals surface area contributed by atoms with Crippen molar-refractivity contribution in [3.63, 3.8) is 0 Å². The number of ether oxygens (including phenoxy) is 1. The van der Waals surface area contributed by atoms with Crippen molar-refractivity contribution in [2.45, 2.75) is 50.2 Å². The quantitative estimate of drug-likeness (QED) is 0.911. The van der Waals surface area contributed by atoms with Gasteiger partial charge in [0.25, 0.3) is 0 Å². The summed E-state index contributed by atoms with van der Waals surface area (Å²) in [5.74, 6) is -0.421. The predicted molar refractivity (Wildman–Crippen MR) is 78.0 cm³/mol. The van der Waals surface area contributed by atoms with Crippen LogP contribution in [-0.4, -0.2) is 19.3 Å². The lowest BCUT2D eigenvalue weighted by atomic mass is 9.78. The summed E-state index contributed by atoms with van der Waals surface area (Å²) in [5, 5.41) is 3.20. The Morgan fingerprint density at radius 3 is 2.76 bits per heavy atom. The molecule has 1 saturated carbocycles. The van der Waals surface area contributed by atoms with Crippen molar-refractivity contribution in [1.82, 2.24) is 5.32 Å². The first-order valence-electron chi connectivity index (χ1n) is 7.90. The third-order valence-corrected chi connectivity index (χ3v) is 5.12. The summed E-state index contributed by atoms with van der Waals surface area (Å²) in [6.07, 6.45) is 6.46. The SMILES string of the molecule is CNC(c1cc(F)ccc1F)C1CCOC2(CCCC2)C1. The molecule has 2 nitrogen and oxygen atoms in total. The van der Waals surface area contributed by atoms with Crippen LogP contribution >= 0.6 is 0 Å². The predicted octanol–water partition coefficient (Wildman–Crippen LogP) is 3.96. The van der Waals surface area contributed by atoms with E-state index in [-0.39, 0.29) is 29.2 Å². The standard InChI is InChI=1S/C17H23F2NO/c1-20-16(14-10-13(18)4-5-15(14)19)12-6-9-21-17(11-12)7-2-3-8-17/h4-5,10,12,16,20H,2-3,6-9,11H2,1H3. The first kappa shape index (κ1) is 14.9. The van der Waals surface area contributed by atoms with Gasteiger partial charge in [0, 0.05) is 18.2 Å². The summed E-state index contributed by atoms with van der Waals surface area (Å²) in [7, 11) is 1.83. The average molecular weight is 295 g/mol. The van der Waals surface area contributed by atoms with E-state index in [1.165, 1.54) is 31.0 Å². The number of hydrogen-bond acceptors (Lipinski definition) is 2. The molecule has 1 N–H and O–H groups in total. The van der Waals surface area contributed by atoms with Crippen molar-refractivity contribution in [3.8, 4) is 0 Å². The molecule has 1 aliphatic carbocycles. The largest absolute Gasteiger partial charge is 0.375 e. The molecule has 2 unspecified atom stereocenters. The average Bonchev–Trinajstić information content (AvgIpc) is 2.91. The minimum absolute atomic E-state index is 0.0121. The van der Waals surface area contributed by atoms with Gasteiger partial charge in [-0.15, -0.1) is 0 Å². The van der Waals surface area contributed by atoms with E-state index in [0.29, 0.717) is 5.56 Å². The van der Waals surface area contributed by atoms with Gasteiger partial charge in [0.2, 0.25) is 0 Å². The molecular weight excluding hydrogens is 272 g/mol. The highest BCUT2D eigenvalue weighted by Gasteiger charge is 2.42. The Bertz CT molecular complexity index is 500. The monoisotopic (exact) mass is 295 g/mol. The Kier molecular flexibility index (Phi) is 4.27. The van der Waals surface area contributed by atoms with Crippen LogP contribution in [0.4, 0.5) is 8.78 Å². The molecule has 1 aromatic carbocycles. The molecule has 0 aromatic heterocycles. The second kappa shape index (κ2) is 6.01. The van der Waals surface area contributed by atoms with Crippen LogP contribution in [0.25, 0.3) is 0 Å². The second-order valence-corrected chi connectivity index (χ2v) is 6.42. The number of halogens is 2. The summed E-state index contributed by atoms with van der Waals surface area (Å²) < 4.78 is 33.6. The van der Waals surface area contributed by atoms with Crippen LogP contribution in [0, 0.1) is 17.6 Å². The van der Waals surface area contributed by atoms with Gasteiger partial charge < -0.3 is 10.1 Å². The first-order chi connectivity index (χ1) is 10.1. The summed E-state index contributed by atoms with van der Waals surface area (Å²) in [6, 6.07) is 3.57. The maximum atomic E-state index is 14.1. The van der Waals surface area contributed by atoms with Crippen LogP contribution in [0.2, 0.25) is 0 Å². The maximum Gasteiger partial charge on any atom is 0.128 e. The summed E-state index contributed by atoms with van der Waals surface area (Å²) in [5.41, 5.74) is 0.430. The minimum Gasteiger partial charge on any atom is -0.375 e. The van der Waals surface area contributed by atoms with E-state index in [2.05, 4.69) is 5.32 Å². The van der Waals surface area contributed by atoms with Crippen molar-refractivity contribution in [2.75, 3.05) is 13.7 Å². The van der Waals surface area contributed by atoms with Crippen molar-refractivity contribution < 1.29 is 13.5 Å². The normalized spacial score (nSPS) is 26.1. The van der Waals surface area contributed by atoms with E-state index in [1.807, 2.05) is 7.05 Å². The molecule has 2 fully saturated rings. The molecule has 1 heterocycles. The first-order valence-corrected chi connectivity index (χ1v) is 7.90. The van der Waals surface area contributed by atoms with Crippen LogP contribution < -0.4 is 5.32 Å². The number of hydrogen-bond donors (Lipinski definition) is 1. The van der Waals surface area contributed by atoms with E-state index < -0.39 is 0 Å². The molecule has 116 valence electrons. The number of nitrogens with one attached hydrogen (secondary N) is 1. The van der Waals surface area contributed by atoms with Gasteiger partial charge in [-0.3, -0.25) is 0 Å². The highest BCUT2D eigenvalue weighted by atomic mass is 19.1. The molecule has 0 amide bonds. The fraction of sp³-hybridized carbons (Fsp3) is 0.647. The molecule has 1 spiro atoms. The van der Waals surface area contributed by atoms with Crippen LogP contribution in [0.5, 0.6) is 0 Å². The number of benzene rings is 1. The van der Waals surface area contributed by atoms with Crippen LogP contribution in [-0.2, 0) is 4.74 Å². The van der Waals surface area contributed by atoms with E-state index in [4.69, 9.17) is 4.74 Å². The summed E-state index contributed by atoms with van der Waals surface area (Å²) >= 11 is 0. The summed E-state index contributed by atoms with van der Waals surface area (Å²) in [4.78, 5) is 0. The lowest BCUT2D eigenvalue weighted by Gasteiger charge is -2.41. The lowest BCUT2D eigenvalue weighted by molar-refractivity contribution is -0.0980. The Morgan fingerprint density at radius 1 is 1.29 bits per heavy atom. The molecule has 0 radical (unpaired) electrons. The van der Waals surface area contributed by atoms with Gasteiger partial charge in [-0.25, -0.2) is 8.78 Å². The zero-order valence-corrected chi connectivity index (χ0v) is 12.5. The molecule has 4 heteroatoms. The van der Waals surface area contributed by atoms with Crippen LogP contribution in [0.1, 0.15) is 50.1 Å². The van der Waals surface area contributed by atoms with Gasteiger partial charge in [0.15, 0.2) is 0 Å². The lowest BCUT2D eigenvalue weighted by Crippen LogP contribution is -2.41. The molecule has 2 aliphatic rings. The van der Waals surface area contributed by atoms with Crippen LogP contribution in [0.3, 0.4) is 0 Å². The minimum atomic E-state index is -0.380.